The maximum atomic E-state index is 12.7. The number of fused-ring (bicyclic) bond motifs is 1. The second-order valence-electron chi connectivity index (χ2n) is 8.58. The number of urea groups is 1. The minimum absolute atomic E-state index is 0.154. The van der Waals surface area contributed by atoms with Gasteiger partial charge in [0.15, 0.2) is 5.13 Å². The fourth-order valence-corrected chi connectivity index (χ4v) is 5.83. The van der Waals surface area contributed by atoms with Gasteiger partial charge >= 0.3 is 6.03 Å². The first-order valence-corrected chi connectivity index (χ1v) is 11.8. The third-order valence-electron chi connectivity index (χ3n) is 6.49. The summed E-state index contributed by atoms with van der Waals surface area (Å²) in [4.78, 5) is 32.5. The monoisotopic (exact) mass is 404 g/mol. The second kappa shape index (κ2) is 9.25. The lowest BCUT2D eigenvalue weighted by molar-refractivity contribution is -0.132. The molecule has 0 radical (unpaired) electrons. The molecule has 0 unspecified atom stereocenters. The van der Waals surface area contributed by atoms with Gasteiger partial charge in [-0.1, -0.05) is 56.3 Å². The van der Waals surface area contributed by atoms with E-state index in [0.29, 0.717) is 24.1 Å². The van der Waals surface area contributed by atoms with Gasteiger partial charge in [-0.25, -0.2) is 9.78 Å². The van der Waals surface area contributed by atoms with Crippen LogP contribution in [0.2, 0.25) is 0 Å². The molecule has 3 aliphatic rings. The SMILES string of the molecule is O=C(Nc1nc2c(s1)CN(C(=O)CCC1CCCCC1)CC2)NC1CCCC1. The summed E-state index contributed by atoms with van der Waals surface area (Å²) in [5.74, 6) is 1.02. The minimum Gasteiger partial charge on any atom is -0.337 e. The zero-order valence-electron chi connectivity index (χ0n) is 16.7. The molecule has 1 aromatic heterocycles. The first-order valence-electron chi connectivity index (χ1n) is 11.0. The van der Waals surface area contributed by atoms with Crippen LogP contribution in [0.1, 0.15) is 81.2 Å². The number of carbonyl (C=O) groups is 2. The van der Waals surface area contributed by atoms with Crippen molar-refractivity contribution in [1.29, 1.82) is 0 Å². The highest BCUT2D eigenvalue weighted by atomic mass is 32.1. The number of hydrogen-bond acceptors (Lipinski definition) is 4. The van der Waals surface area contributed by atoms with Crippen LogP contribution < -0.4 is 10.6 Å². The van der Waals surface area contributed by atoms with Gasteiger partial charge in [0, 0.05) is 30.3 Å². The summed E-state index contributed by atoms with van der Waals surface area (Å²) in [6, 6.07) is 0.144. The largest absolute Gasteiger partial charge is 0.337 e. The molecule has 0 bridgehead atoms. The fourth-order valence-electron chi connectivity index (χ4n) is 4.81. The van der Waals surface area contributed by atoms with Gasteiger partial charge in [-0.05, 0) is 25.2 Å². The van der Waals surface area contributed by atoms with E-state index in [0.717, 1.165) is 48.7 Å². The maximum Gasteiger partial charge on any atom is 0.321 e. The Morgan fingerprint density at radius 3 is 2.61 bits per heavy atom. The number of amides is 3. The molecular formula is C21H32N4O2S. The van der Waals surface area contributed by atoms with Gasteiger partial charge in [-0.3, -0.25) is 10.1 Å². The molecule has 2 fully saturated rings. The third kappa shape index (κ3) is 5.04. The van der Waals surface area contributed by atoms with Crippen LogP contribution in [0, 0.1) is 5.92 Å². The van der Waals surface area contributed by atoms with Gasteiger partial charge in [0.1, 0.15) is 0 Å². The lowest BCUT2D eigenvalue weighted by Crippen LogP contribution is -2.36. The average molecular weight is 405 g/mol. The van der Waals surface area contributed by atoms with E-state index in [4.69, 9.17) is 0 Å². The highest BCUT2D eigenvalue weighted by Crippen LogP contribution is 2.30. The van der Waals surface area contributed by atoms with Gasteiger partial charge in [-0.15, -0.1) is 0 Å². The molecule has 4 rings (SSSR count). The smallest absolute Gasteiger partial charge is 0.321 e. The van der Waals surface area contributed by atoms with Crippen molar-refractivity contribution in [3.8, 4) is 0 Å². The highest BCUT2D eigenvalue weighted by molar-refractivity contribution is 7.15. The van der Waals surface area contributed by atoms with Crippen LogP contribution in [0.15, 0.2) is 0 Å². The topological polar surface area (TPSA) is 74.3 Å². The Labute approximate surface area is 171 Å². The molecule has 7 heteroatoms. The van der Waals surface area contributed by atoms with Crippen LogP contribution in [0.4, 0.5) is 9.93 Å². The van der Waals surface area contributed by atoms with Crippen LogP contribution in [0.3, 0.4) is 0 Å². The van der Waals surface area contributed by atoms with Crippen molar-refractivity contribution in [2.75, 3.05) is 11.9 Å². The average Bonchev–Trinajstić information content (AvgIpc) is 3.35. The summed E-state index contributed by atoms with van der Waals surface area (Å²) in [5.41, 5.74) is 1.04. The summed E-state index contributed by atoms with van der Waals surface area (Å²) >= 11 is 1.51. The number of thiazole rings is 1. The first-order chi connectivity index (χ1) is 13.7. The van der Waals surface area contributed by atoms with Crippen molar-refractivity contribution >= 4 is 28.4 Å². The van der Waals surface area contributed by atoms with E-state index in [-0.39, 0.29) is 11.9 Å². The first kappa shape index (κ1) is 19.7. The van der Waals surface area contributed by atoms with Gasteiger partial charge in [0.05, 0.1) is 12.2 Å². The van der Waals surface area contributed by atoms with Crippen molar-refractivity contribution in [3.05, 3.63) is 10.6 Å². The molecule has 1 aromatic rings. The molecule has 1 aliphatic heterocycles. The van der Waals surface area contributed by atoms with Gasteiger partial charge < -0.3 is 10.2 Å². The number of hydrogen-bond donors (Lipinski definition) is 2. The molecule has 6 nitrogen and oxygen atoms in total. The van der Waals surface area contributed by atoms with Crippen molar-refractivity contribution in [3.63, 3.8) is 0 Å². The van der Waals surface area contributed by atoms with E-state index >= 15 is 0 Å². The number of nitrogens with zero attached hydrogens (tertiary/aromatic N) is 2. The van der Waals surface area contributed by atoms with E-state index in [2.05, 4.69) is 15.6 Å². The zero-order chi connectivity index (χ0) is 19.3. The van der Waals surface area contributed by atoms with E-state index in [1.807, 2.05) is 4.90 Å². The minimum atomic E-state index is -0.154. The molecular weight excluding hydrogens is 372 g/mol. The molecule has 2 N–H and O–H groups in total. The van der Waals surface area contributed by atoms with Crippen LogP contribution in [-0.2, 0) is 17.8 Å². The summed E-state index contributed by atoms with van der Waals surface area (Å²) < 4.78 is 0. The quantitative estimate of drug-likeness (QED) is 0.761. The third-order valence-corrected chi connectivity index (χ3v) is 7.48. The molecule has 0 saturated heterocycles. The maximum absolute atomic E-state index is 12.7. The van der Waals surface area contributed by atoms with Crippen molar-refractivity contribution in [2.45, 2.75) is 89.6 Å². The predicted molar refractivity (Wildman–Crippen MR) is 111 cm³/mol. The normalized spacial score (nSPS) is 20.8. The van der Waals surface area contributed by atoms with Crippen molar-refractivity contribution in [2.24, 2.45) is 5.92 Å². The Morgan fingerprint density at radius 1 is 1.07 bits per heavy atom. The molecule has 2 aliphatic carbocycles. The van der Waals surface area contributed by atoms with E-state index in [1.165, 1.54) is 56.3 Å². The summed E-state index contributed by atoms with van der Waals surface area (Å²) in [7, 11) is 0. The predicted octanol–water partition coefficient (Wildman–Crippen LogP) is 4.45. The molecule has 154 valence electrons. The number of anilines is 1. The fraction of sp³-hybridized carbons (Fsp3) is 0.762. The molecule has 0 atom stereocenters. The van der Waals surface area contributed by atoms with Crippen molar-refractivity contribution in [1.82, 2.24) is 15.2 Å². The van der Waals surface area contributed by atoms with Gasteiger partial charge in [0.25, 0.3) is 0 Å². The van der Waals surface area contributed by atoms with E-state index in [9.17, 15) is 9.59 Å². The number of carbonyl (C=O) groups excluding carboxylic acids is 2. The molecule has 2 saturated carbocycles. The Morgan fingerprint density at radius 2 is 1.82 bits per heavy atom. The van der Waals surface area contributed by atoms with Crippen LogP contribution in [0.5, 0.6) is 0 Å². The Hall–Kier alpha value is -1.63. The highest BCUT2D eigenvalue weighted by Gasteiger charge is 2.26. The molecule has 28 heavy (non-hydrogen) atoms. The number of nitrogens with one attached hydrogen (secondary N) is 2. The molecule has 2 heterocycles. The van der Waals surface area contributed by atoms with E-state index in [1.54, 1.807) is 0 Å². The van der Waals surface area contributed by atoms with Crippen molar-refractivity contribution < 1.29 is 9.59 Å². The van der Waals surface area contributed by atoms with Crippen LogP contribution in [0.25, 0.3) is 0 Å². The number of aromatic nitrogens is 1. The Balaban J connectivity index is 1.26. The van der Waals surface area contributed by atoms with Gasteiger partial charge in [0.2, 0.25) is 5.91 Å². The van der Waals surface area contributed by atoms with Gasteiger partial charge in [-0.2, -0.15) is 0 Å². The Bertz CT molecular complexity index is 693. The summed E-state index contributed by atoms with van der Waals surface area (Å²) in [5, 5.41) is 6.58. The van der Waals surface area contributed by atoms with Crippen LogP contribution in [-0.4, -0.2) is 34.4 Å². The second-order valence-corrected chi connectivity index (χ2v) is 9.66. The summed E-state index contributed by atoms with van der Waals surface area (Å²) in [6.07, 6.45) is 13.6. The lowest BCUT2D eigenvalue weighted by Gasteiger charge is -2.27. The lowest BCUT2D eigenvalue weighted by atomic mass is 9.86. The Kier molecular flexibility index (Phi) is 6.50. The molecule has 3 amide bonds. The van der Waals surface area contributed by atoms with E-state index < -0.39 is 0 Å². The standard InChI is InChI=1S/C21H32N4O2S/c26-19(11-10-15-6-2-1-3-7-15)25-13-12-17-18(14-25)28-21(23-17)24-20(27)22-16-8-4-5-9-16/h15-16H,1-14H2,(H2,22,23,24,27). The molecule has 0 spiro atoms. The zero-order valence-corrected chi connectivity index (χ0v) is 17.5. The van der Waals surface area contributed by atoms with Crippen LogP contribution >= 0.6 is 11.3 Å². The number of rotatable bonds is 5. The summed E-state index contributed by atoms with van der Waals surface area (Å²) in [6.45, 7) is 1.39. The molecule has 0 aromatic carbocycles.